The summed E-state index contributed by atoms with van der Waals surface area (Å²) >= 11 is 0. The molecule has 2 aromatic carbocycles. The van der Waals surface area contributed by atoms with Crippen molar-refractivity contribution in [3.8, 4) is 0 Å². The molecule has 3 aromatic rings. The Kier molecular flexibility index (Phi) is 5.34. The molecule has 0 atom stereocenters. The molecular formula is C23H26N4O2. The molecule has 4 rings (SSSR count). The zero-order chi connectivity index (χ0) is 20.4. The van der Waals surface area contributed by atoms with E-state index in [4.69, 9.17) is 0 Å². The summed E-state index contributed by atoms with van der Waals surface area (Å²) in [7, 11) is 3.93. The molecular weight excluding hydrogens is 364 g/mol. The number of aromatic nitrogens is 2. The van der Waals surface area contributed by atoms with E-state index in [1.807, 2.05) is 67.5 Å². The number of hydrogen-bond acceptors (Lipinski definition) is 4. The highest BCUT2D eigenvalue weighted by Gasteiger charge is 2.21. The second-order valence-electron chi connectivity index (χ2n) is 7.80. The Labute approximate surface area is 170 Å². The fraction of sp³-hybridized carbons (Fsp3) is 0.348. The Morgan fingerprint density at radius 2 is 1.72 bits per heavy atom. The molecule has 1 heterocycles. The molecule has 0 saturated heterocycles. The van der Waals surface area contributed by atoms with Crippen LogP contribution in [0.2, 0.25) is 0 Å². The van der Waals surface area contributed by atoms with E-state index in [1.54, 1.807) is 4.68 Å². The molecule has 150 valence electrons. The fourth-order valence-electron chi connectivity index (χ4n) is 3.98. The van der Waals surface area contributed by atoms with E-state index in [0.29, 0.717) is 10.9 Å². The molecule has 29 heavy (non-hydrogen) atoms. The molecule has 6 nitrogen and oxygen atoms in total. The lowest BCUT2D eigenvalue weighted by atomic mass is 10.1. The topological polar surface area (TPSA) is 67.2 Å². The quantitative estimate of drug-likeness (QED) is 0.724. The average Bonchev–Trinajstić information content (AvgIpc) is 3.28. The van der Waals surface area contributed by atoms with Crippen LogP contribution in [0.3, 0.4) is 0 Å². The standard InChI is InChI=1S/C23H26N4O2/c1-26(2)17-13-11-16(12-14-17)22(28)24-15-21-19-9-5-6-10-20(19)23(29)27(25-21)18-7-3-4-8-18/h5-6,9-14,18H,3-4,7-8,15H2,1-2H3,(H,24,28). The van der Waals surface area contributed by atoms with Gasteiger partial charge in [0.2, 0.25) is 0 Å². The third-order valence-corrected chi connectivity index (χ3v) is 5.64. The minimum atomic E-state index is -0.153. The second kappa shape index (κ2) is 8.07. The maximum atomic E-state index is 12.9. The van der Waals surface area contributed by atoms with Crippen molar-refractivity contribution in [3.63, 3.8) is 0 Å². The van der Waals surface area contributed by atoms with E-state index < -0.39 is 0 Å². The van der Waals surface area contributed by atoms with E-state index >= 15 is 0 Å². The summed E-state index contributed by atoms with van der Waals surface area (Å²) < 4.78 is 1.64. The van der Waals surface area contributed by atoms with Crippen LogP contribution < -0.4 is 15.8 Å². The highest BCUT2D eigenvalue weighted by molar-refractivity contribution is 5.94. The molecule has 6 heteroatoms. The molecule has 1 N–H and O–H groups in total. The van der Waals surface area contributed by atoms with E-state index in [-0.39, 0.29) is 24.1 Å². The van der Waals surface area contributed by atoms with Crippen LogP contribution in [0.1, 0.15) is 47.8 Å². The summed E-state index contributed by atoms with van der Waals surface area (Å²) in [5.74, 6) is -0.153. The van der Waals surface area contributed by atoms with Gasteiger partial charge in [-0.2, -0.15) is 5.10 Å². The van der Waals surface area contributed by atoms with Gasteiger partial charge in [0.05, 0.1) is 23.7 Å². The first-order valence-corrected chi connectivity index (χ1v) is 10.1. The number of nitrogens with zero attached hydrogens (tertiary/aromatic N) is 3. The monoisotopic (exact) mass is 390 g/mol. The Hall–Kier alpha value is -3.15. The smallest absolute Gasteiger partial charge is 0.274 e. The normalized spacial score (nSPS) is 14.3. The number of carbonyl (C=O) groups is 1. The summed E-state index contributed by atoms with van der Waals surface area (Å²) in [5, 5.41) is 9.09. The van der Waals surface area contributed by atoms with Crippen LogP contribution in [0, 0.1) is 0 Å². The van der Waals surface area contributed by atoms with Crippen LogP contribution in [0.4, 0.5) is 5.69 Å². The Morgan fingerprint density at radius 3 is 2.38 bits per heavy atom. The highest BCUT2D eigenvalue weighted by atomic mass is 16.1. The summed E-state index contributed by atoms with van der Waals surface area (Å²) in [6.07, 6.45) is 4.21. The van der Waals surface area contributed by atoms with Crippen LogP contribution in [0.15, 0.2) is 53.3 Å². The van der Waals surface area contributed by atoms with Crippen molar-refractivity contribution in [1.29, 1.82) is 0 Å². The van der Waals surface area contributed by atoms with Crippen molar-refractivity contribution in [3.05, 3.63) is 70.1 Å². The third kappa shape index (κ3) is 3.88. The molecule has 1 amide bonds. The number of hydrogen-bond donors (Lipinski definition) is 1. The molecule has 0 bridgehead atoms. The van der Waals surface area contributed by atoms with Crippen molar-refractivity contribution < 1.29 is 4.79 Å². The van der Waals surface area contributed by atoms with Crippen molar-refractivity contribution in [2.24, 2.45) is 0 Å². The van der Waals surface area contributed by atoms with E-state index in [2.05, 4.69) is 10.4 Å². The Morgan fingerprint density at radius 1 is 1.07 bits per heavy atom. The zero-order valence-corrected chi connectivity index (χ0v) is 16.9. The van der Waals surface area contributed by atoms with Crippen molar-refractivity contribution in [1.82, 2.24) is 15.1 Å². The SMILES string of the molecule is CN(C)c1ccc(C(=O)NCc2nn(C3CCCC3)c(=O)c3ccccc23)cc1. The molecule has 0 unspecified atom stereocenters. The first kappa shape index (κ1) is 19.2. The van der Waals surface area contributed by atoms with Gasteiger partial charge in [-0.3, -0.25) is 9.59 Å². The molecule has 1 fully saturated rings. The second-order valence-corrected chi connectivity index (χ2v) is 7.80. The molecule has 1 aromatic heterocycles. The zero-order valence-electron chi connectivity index (χ0n) is 16.9. The lowest BCUT2D eigenvalue weighted by Crippen LogP contribution is -2.30. The third-order valence-electron chi connectivity index (χ3n) is 5.64. The van der Waals surface area contributed by atoms with Gasteiger partial charge in [-0.1, -0.05) is 31.0 Å². The van der Waals surface area contributed by atoms with Gasteiger partial charge in [0.25, 0.3) is 11.5 Å². The van der Waals surface area contributed by atoms with Gasteiger partial charge >= 0.3 is 0 Å². The molecule has 1 saturated carbocycles. The summed E-state index contributed by atoms with van der Waals surface area (Å²) in [5.41, 5.74) is 2.33. The van der Waals surface area contributed by atoms with Crippen LogP contribution in [-0.4, -0.2) is 29.8 Å². The highest BCUT2D eigenvalue weighted by Crippen LogP contribution is 2.28. The number of nitrogens with one attached hydrogen (secondary N) is 1. The first-order chi connectivity index (χ1) is 14.0. The molecule has 1 aliphatic carbocycles. The van der Waals surface area contributed by atoms with Crippen LogP contribution >= 0.6 is 0 Å². The van der Waals surface area contributed by atoms with Gasteiger partial charge in [0.15, 0.2) is 0 Å². The lowest BCUT2D eigenvalue weighted by Gasteiger charge is -2.16. The Bertz CT molecular complexity index is 1080. The summed E-state index contributed by atoms with van der Waals surface area (Å²) in [6.45, 7) is 0.280. The number of fused-ring (bicyclic) bond motifs is 1. The summed E-state index contributed by atoms with van der Waals surface area (Å²) in [6, 6.07) is 15.1. The number of rotatable bonds is 5. The minimum Gasteiger partial charge on any atom is -0.378 e. The lowest BCUT2D eigenvalue weighted by molar-refractivity contribution is 0.0950. The Balaban J connectivity index is 1.61. The van der Waals surface area contributed by atoms with Gasteiger partial charge in [-0.15, -0.1) is 0 Å². The van der Waals surface area contributed by atoms with E-state index in [0.717, 1.165) is 42.5 Å². The molecule has 0 radical (unpaired) electrons. The maximum Gasteiger partial charge on any atom is 0.274 e. The molecule has 1 aliphatic rings. The van der Waals surface area contributed by atoms with Crippen LogP contribution in [0.25, 0.3) is 10.8 Å². The van der Waals surface area contributed by atoms with Gasteiger partial charge in [-0.05, 0) is 43.2 Å². The van der Waals surface area contributed by atoms with E-state index in [9.17, 15) is 9.59 Å². The number of benzene rings is 2. The number of amides is 1. The van der Waals surface area contributed by atoms with Gasteiger partial charge in [0.1, 0.15) is 0 Å². The number of carbonyl (C=O) groups excluding carboxylic acids is 1. The molecule has 0 aliphatic heterocycles. The van der Waals surface area contributed by atoms with Crippen LogP contribution in [0.5, 0.6) is 0 Å². The molecule has 0 spiro atoms. The summed E-state index contributed by atoms with van der Waals surface area (Å²) in [4.78, 5) is 27.5. The van der Waals surface area contributed by atoms with Crippen LogP contribution in [-0.2, 0) is 6.54 Å². The average molecular weight is 390 g/mol. The van der Waals surface area contributed by atoms with Crippen molar-refractivity contribution >= 4 is 22.4 Å². The maximum absolute atomic E-state index is 12.9. The predicted molar refractivity (Wildman–Crippen MR) is 115 cm³/mol. The fourth-order valence-corrected chi connectivity index (χ4v) is 3.98. The van der Waals surface area contributed by atoms with E-state index in [1.165, 1.54) is 0 Å². The number of anilines is 1. The van der Waals surface area contributed by atoms with Gasteiger partial charge < -0.3 is 10.2 Å². The predicted octanol–water partition coefficient (Wildman–Crippen LogP) is 3.51. The largest absolute Gasteiger partial charge is 0.378 e. The van der Waals surface area contributed by atoms with Gasteiger partial charge in [0, 0.05) is 30.7 Å². The van der Waals surface area contributed by atoms with Gasteiger partial charge in [-0.25, -0.2) is 4.68 Å². The van der Waals surface area contributed by atoms with Crippen molar-refractivity contribution in [2.75, 3.05) is 19.0 Å². The van der Waals surface area contributed by atoms with Crippen molar-refractivity contribution in [2.45, 2.75) is 38.3 Å². The minimum absolute atomic E-state index is 0.0400. The first-order valence-electron chi connectivity index (χ1n) is 10.1.